The number of halogens is 1. The fourth-order valence-corrected chi connectivity index (χ4v) is 3.03. The summed E-state index contributed by atoms with van der Waals surface area (Å²) in [4.78, 5) is 49.3. The van der Waals surface area contributed by atoms with Crippen molar-refractivity contribution in [1.82, 2.24) is 15.7 Å². The Labute approximate surface area is 284 Å². The van der Waals surface area contributed by atoms with E-state index in [0.29, 0.717) is 25.9 Å². The van der Waals surface area contributed by atoms with E-state index in [1.54, 1.807) is 14.0 Å². The van der Waals surface area contributed by atoms with Crippen molar-refractivity contribution < 1.29 is 50.6 Å². The number of hydrogen-bond donors (Lipinski definition) is 2. The van der Waals surface area contributed by atoms with E-state index in [1.807, 2.05) is 41.5 Å². The molecule has 0 saturated carbocycles. The van der Waals surface area contributed by atoms with Crippen LogP contribution in [0.1, 0.15) is 113 Å². The van der Waals surface area contributed by atoms with Gasteiger partial charge in [-0.2, -0.15) is 0 Å². The normalized spacial score (nSPS) is 11.7. The number of ketones is 1. The summed E-state index contributed by atoms with van der Waals surface area (Å²) in [6.45, 7) is 15.7. The van der Waals surface area contributed by atoms with E-state index in [4.69, 9.17) is 19.0 Å². The molecule has 1 aliphatic heterocycles. The van der Waals surface area contributed by atoms with Crippen molar-refractivity contribution in [3.05, 3.63) is 7.43 Å². The molecule has 252 valence electrons. The van der Waals surface area contributed by atoms with E-state index in [-0.39, 0.29) is 60.7 Å². The monoisotopic (exact) mass is 649 g/mol. The maximum absolute atomic E-state index is 11.4. The van der Waals surface area contributed by atoms with E-state index in [0.717, 1.165) is 51.7 Å². The van der Waals surface area contributed by atoms with E-state index < -0.39 is 17.3 Å². The van der Waals surface area contributed by atoms with Crippen LogP contribution in [0, 0.1) is 7.43 Å². The molecule has 0 unspecified atom stereocenters. The smallest absolute Gasteiger partial charge is 1.00 e. The Kier molecular flexibility index (Phi) is 36.6. The number of carbonyl (C=O) groups is 4. The molecule has 0 aromatic carbocycles. The van der Waals surface area contributed by atoms with Crippen LogP contribution < -0.4 is 23.0 Å². The van der Waals surface area contributed by atoms with Gasteiger partial charge in [0.2, 0.25) is 5.91 Å². The summed E-state index contributed by atoms with van der Waals surface area (Å²) >= 11 is 0. The maximum Gasteiger partial charge on any atom is 2.00 e. The summed E-state index contributed by atoms with van der Waals surface area (Å²) in [6.07, 6.45) is 8.07. The number of nitrogens with one attached hydrogen (secondary N) is 2. The van der Waals surface area contributed by atoms with Gasteiger partial charge in [0.05, 0.1) is 7.11 Å². The number of rotatable bonds is 13. The largest absolute Gasteiger partial charge is 2.00 e. The molecule has 0 aromatic rings. The van der Waals surface area contributed by atoms with Crippen LogP contribution in [0.25, 0.3) is 0 Å². The molecule has 0 aliphatic carbocycles. The molecule has 13 heteroatoms. The zero-order chi connectivity index (χ0) is 31.0. The Morgan fingerprint density at radius 3 is 1.44 bits per heavy atom. The Balaban J connectivity index is -0.000000182. The second-order valence-electron chi connectivity index (χ2n) is 11.6. The van der Waals surface area contributed by atoms with E-state index in [9.17, 15) is 19.2 Å². The minimum absolute atomic E-state index is 0. The van der Waals surface area contributed by atoms with Gasteiger partial charge in [0.25, 0.3) is 0 Å². The van der Waals surface area contributed by atoms with Crippen LogP contribution in [0.15, 0.2) is 0 Å². The SMILES string of the molecule is C1CCOC1.CC(=O)CCCCCNC(=O)OC(C)(C)C.CON(C)C(=O)CCCCCNC(=O)OC(C)(C)C.[CH3-].[Cl-].[Mg+2]. The standard InChI is InChI=1S/C13H26N2O4.C12H23NO3.C4H8O.CH3.ClH.Mg/c1-13(2,3)19-12(17)14-10-8-6-7-9-11(16)15(4)18-5;1-10(14)8-6-5-7-9-13-11(15)16-12(2,3)4;1-2-4-5-3-1;;;/h6-10H2,1-5H3,(H,14,17);5-9H2,1-4H3,(H,13,15);1-4H2;1H3;1H;/q;;;-1;;+2/p-1. The topological polar surface area (TPSA) is 132 Å². The summed E-state index contributed by atoms with van der Waals surface area (Å²) in [7, 11) is 3.05. The molecule has 0 aromatic heterocycles. The van der Waals surface area contributed by atoms with Gasteiger partial charge in [-0.05, 0) is 87.0 Å². The minimum Gasteiger partial charge on any atom is -1.00 e. The molecule has 0 bridgehead atoms. The van der Waals surface area contributed by atoms with Crippen LogP contribution in [-0.4, -0.2) is 104 Å². The molecule has 0 atom stereocenters. The summed E-state index contributed by atoms with van der Waals surface area (Å²) in [5, 5.41) is 6.58. The number of amides is 3. The predicted molar refractivity (Wildman–Crippen MR) is 168 cm³/mol. The molecule has 43 heavy (non-hydrogen) atoms. The molecular weight excluding hydrogens is 590 g/mol. The summed E-state index contributed by atoms with van der Waals surface area (Å²) in [5.41, 5.74) is -0.917. The first-order valence-electron chi connectivity index (χ1n) is 14.4. The van der Waals surface area contributed by atoms with Crippen molar-refractivity contribution in [3.8, 4) is 0 Å². The van der Waals surface area contributed by atoms with E-state index in [2.05, 4.69) is 10.6 Å². The van der Waals surface area contributed by atoms with Crippen LogP contribution in [0.4, 0.5) is 9.59 Å². The number of Topliss-reactive ketones (excluding diaryl/α,β-unsaturated/α-hetero) is 1. The van der Waals surface area contributed by atoms with Crippen molar-refractivity contribution in [1.29, 1.82) is 0 Å². The maximum atomic E-state index is 11.4. The van der Waals surface area contributed by atoms with Gasteiger partial charge in [0.15, 0.2) is 0 Å². The molecule has 3 amide bonds. The van der Waals surface area contributed by atoms with Crippen molar-refractivity contribution in [3.63, 3.8) is 0 Å². The second kappa shape index (κ2) is 30.7. The third kappa shape index (κ3) is 42.8. The number of ether oxygens (including phenoxy) is 3. The van der Waals surface area contributed by atoms with Crippen LogP contribution in [-0.2, 0) is 28.6 Å². The molecule has 1 saturated heterocycles. The Hall–Kier alpha value is -1.34. The zero-order valence-electron chi connectivity index (χ0n) is 28.7. The van der Waals surface area contributed by atoms with Gasteiger partial charge in [-0.3, -0.25) is 9.63 Å². The second-order valence-corrected chi connectivity index (χ2v) is 11.6. The zero-order valence-corrected chi connectivity index (χ0v) is 30.9. The molecule has 1 rings (SSSR count). The predicted octanol–water partition coefficient (Wildman–Crippen LogP) is 2.62. The van der Waals surface area contributed by atoms with Crippen molar-refractivity contribution >= 4 is 46.9 Å². The van der Waals surface area contributed by atoms with Gasteiger partial charge >= 0.3 is 35.2 Å². The first-order valence-corrected chi connectivity index (χ1v) is 14.4. The molecule has 11 nitrogen and oxygen atoms in total. The van der Waals surface area contributed by atoms with Gasteiger partial charge in [-0.1, -0.05) is 12.8 Å². The number of hydroxylamine groups is 2. The third-order valence-corrected chi connectivity index (χ3v) is 5.06. The van der Waals surface area contributed by atoms with Crippen LogP contribution in [0.5, 0.6) is 0 Å². The summed E-state index contributed by atoms with van der Waals surface area (Å²) < 4.78 is 15.1. The number of hydrogen-bond acceptors (Lipinski definition) is 8. The molecule has 0 radical (unpaired) electrons. The van der Waals surface area contributed by atoms with Gasteiger partial charge in [0.1, 0.15) is 17.0 Å². The Morgan fingerprint density at radius 2 is 1.14 bits per heavy atom. The molecule has 2 N–H and O–H groups in total. The van der Waals surface area contributed by atoms with Gasteiger partial charge in [-0.25, -0.2) is 14.7 Å². The van der Waals surface area contributed by atoms with Gasteiger partial charge < -0.3 is 49.5 Å². The van der Waals surface area contributed by atoms with E-state index >= 15 is 0 Å². The first kappa shape index (κ1) is 51.2. The summed E-state index contributed by atoms with van der Waals surface area (Å²) in [6, 6.07) is 0. The molecule has 0 spiro atoms. The number of alkyl carbamates (subject to hydrolysis) is 2. The minimum atomic E-state index is -0.471. The van der Waals surface area contributed by atoms with Gasteiger partial charge in [0, 0.05) is 46.2 Å². The first-order chi connectivity index (χ1) is 18.6. The third-order valence-electron chi connectivity index (χ3n) is 5.06. The molecular formula is C30H60ClMgN3O8. The molecule has 1 aliphatic rings. The average Bonchev–Trinajstić information content (AvgIpc) is 3.41. The van der Waals surface area contributed by atoms with E-state index in [1.165, 1.54) is 25.0 Å². The fourth-order valence-electron chi connectivity index (χ4n) is 3.03. The van der Waals surface area contributed by atoms with Crippen LogP contribution in [0.2, 0.25) is 0 Å². The van der Waals surface area contributed by atoms with Gasteiger partial charge in [-0.15, -0.1) is 0 Å². The number of nitrogens with zero attached hydrogens (tertiary/aromatic N) is 1. The van der Waals surface area contributed by atoms with Crippen LogP contribution in [0.3, 0.4) is 0 Å². The van der Waals surface area contributed by atoms with Crippen LogP contribution >= 0.6 is 0 Å². The quantitative estimate of drug-likeness (QED) is 0.135. The number of unbranched alkanes of at least 4 members (excludes halogenated alkanes) is 4. The average molecular weight is 651 g/mol. The fraction of sp³-hybridized carbons (Fsp3) is 0.833. The van der Waals surface area contributed by atoms with Crippen molar-refractivity contribution in [2.75, 3.05) is 40.5 Å². The van der Waals surface area contributed by atoms with Crippen molar-refractivity contribution in [2.45, 2.75) is 124 Å². The molecule has 1 fully saturated rings. The molecule has 1 heterocycles. The Bertz CT molecular complexity index is 705. The van der Waals surface area contributed by atoms with Crippen molar-refractivity contribution in [2.24, 2.45) is 0 Å². The summed E-state index contributed by atoms with van der Waals surface area (Å²) in [5.74, 6) is 0.183. The number of carbonyl (C=O) groups excluding carboxylic acids is 4. The Morgan fingerprint density at radius 1 is 0.744 bits per heavy atom.